The minimum absolute atomic E-state index is 0.241. The van der Waals surface area contributed by atoms with Gasteiger partial charge >= 0.3 is 0 Å². The summed E-state index contributed by atoms with van der Waals surface area (Å²) in [5.41, 5.74) is 2.27. The fourth-order valence-corrected chi connectivity index (χ4v) is 3.50. The maximum atomic E-state index is 13.0. The summed E-state index contributed by atoms with van der Waals surface area (Å²) in [7, 11) is 0. The third-order valence-corrected chi connectivity index (χ3v) is 4.90. The summed E-state index contributed by atoms with van der Waals surface area (Å²) < 4.78 is 1.96. The summed E-state index contributed by atoms with van der Waals surface area (Å²) in [5, 5.41) is 19.0. The quantitative estimate of drug-likeness (QED) is 0.680. The Kier molecular flexibility index (Phi) is 4.21. The van der Waals surface area contributed by atoms with Gasteiger partial charge in [-0.3, -0.25) is 9.78 Å². The van der Waals surface area contributed by atoms with E-state index in [-0.39, 0.29) is 5.78 Å². The minimum atomic E-state index is -0.940. The SMILES string of the molecule is Cc1ccc2cc(C(=O)C(C#N)c3nnc4n3CCCCC4)ccc2n1. The van der Waals surface area contributed by atoms with Crippen LogP contribution >= 0.6 is 0 Å². The first-order valence-corrected chi connectivity index (χ1v) is 8.90. The Morgan fingerprint density at radius 2 is 2.08 bits per heavy atom. The zero-order valence-electron chi connectivity index (χ0n) is 14.6. The molecule has 0 amide bonds. The maximum absolute atomic E-state index is 13.0. The Balaban J connectivity index is 1.71. The van der Waals surface area contributed by atoms with E-state index >= 15 is 0 Å². The van der Waals surface area contributed by atoms with Crippen molar-refractivity contribution >= 4 is 16.7 Å². The minimum Gasteiger partial charge on any atom is -0.313 e. The van der Waals surface area contributed by atoms with Gasteiger partial charge in [-0.05, 0) is 44.0 Å². The molecular weight excluding hydrogens is 326 g/mol. The molecule has 0 saturated heterocycles. The van der Waals surface area contributed by atoms with Gasteiger partial charge in [0, 0.05) is 29.6 Å². The van der Waals surface area contributed by atoms with E-state index in [1.54, 1.807) is 12.1 Å². The van der Waals surface area contributed by atoms with Crippen LogP contribution in [0.5, 0.6) is 0 Å². The second-order valence-electron chi connectivity index (χ2n) is 6.72. The lowest BCUT2D eigenvalue weighted by atomic mass is 9.96. The molecule has 1 aliphatic heterocycles. The van der Waals surface area contributed by atoms with E-state index in [0.29, 0.717) is 11.4 Å². The van der Waals surface area contributed by atoms with Crippen LogP contribution in [0.3, 0.4) is 0 Å². The van der Waals surface area contributed by atoms with Crippen molar-refractivity contribution in [3.05, 3.63) is 53.2 Å². The molecule has 6 heteroatoms. The standard InChI is InChI=1S/C20H19N5O/c1-13-6-7-14-11-15(8-9-17(14)22-13)19(26)16(12-21)20-24-23-18-5-3-2-4-10-25(18)20/h6-9,11,16H,2-5,10H2,1H3. The van der Waals surface area contributed by atoms with E-state index < -0.39 is 5.92 Å². The number of rotatable bonds is 3. The second kappa shape index (κ2) is 6.68. The van der Waals surface area contributed by atoms with Crippen molar-refractivity contribution in [2.24, 2.45) is 0 Å². The average Bonchev–Trinajstić information content (AvgIpc) is 2.89. The lowest BCUT2D eigenvalue weighted by Gasteiger charge is -2.11. The lowest BCUT2D eigenvalue weighted by molar-refractivity contribution is 0.0974. The molecule has 0 N–H and O–H groups in total. The van der Waals surface area contributed by atoms with Crippen molar-refractivity contribution in [3.63, 3.8) is 0 Å². The van der Waals surface area contributed by atoms with E-state index in [2.05, 4.69) is 21.3 Å². The van der Waals surface area contributed by atoms with Crippen molar-refractivity contribution in [1.29, 1.82) is 5.26 Å². The Labute approximate surface area is 151 Å². The molecule has 2 aromatic heterocycles. The highest BCUT2D eigenvalue weighted by Crippen LogP contribution is 2.24. The molecule has 1 atom stereocenters. The van der Waals surface area contributed by atoms with Crippen molar-refractivity contribution in [3.8, 4) is 6.07 Å². The maximum Gasteiger partial charge on any atom is 0.187 e. The van der Waals surface area contributed by atoms with Crippen LogP contribution in [0.15, 0.2) is 30.3 Å². The number of benzene rings is 1. The largest absolute Gasteiger partial charge is 0.313 e. The molecule has 1 unspecified atom stereocenters. The molecule has 130 valence electrons. The third-order valence-electron chi connectivity index (χ3n) is 4.90. The van der Waals surface area contributed by atoms with Crippen molar-refractivity contribution in [2.45, 2.75) is 45.1 Å². The summed E-state index contributed by atoms with van der Waals surface area (Å²) in [6.07, 6.45) is 4.07. The number of nitrogens with zero attached hydrogens (tertiary/aromatic N) is 5. The molecule has 3 heterocycles. The van der Waals surface area contributed by atoms with Crippen molar-refractivity contribution in [2.75, 3.05) is 0 Å². The highest BCUT2D eigenvalue weighted by Gasteiger charge is 2.29. The van der Waals surface area contributed by atoms with Gasteiger partial charge in [-0.15, -0.1) is 10.2 Å². The summed E-state index contributed by atoms with van der Waals surface area (Å²) in [6.45, 7) is 2.70. The Morgan fingerprint density at radius 3 is 2.92 bits per heavy atom. The van der Waals surface area contributed by atoms with Crippen LogP contribution in [0.4, 0.5) is 0 Å². The normalized spacial score (nSPS) is 15.1. The Morgan fingerprint density at radius 1 is 1.19 bits per heavy atom. The summed E-state index contributed by atoms with van der Waals surface area (Å²) >= 11 is 0. The molecular formula is C20H19N5O. The number of fused-ring (bicyclic) bond motifs is 2. The number of ketones is 1. The van der Waals surface area contributed by atoms with E-state index in [4.69, 9.17) is 0 Å². The van der Waals surface area contributed by atoms with Crippen LogP contribution < -0.4 is 0 Å². The number of Topliss-reactive ketones (excluding diaryl/α,β-unsaturated/α-hetero) is 1. The number of nitriles is 1. The highest BCUT2D eigenvalue weighted by molar-refractivity contribution is 6.04. The van der Waals surface area contributed by atoms with Gasteiger partial charge in [0.2, 0.25) is 0 Å². The van der Waals surface area contributed by atoms with Gasteiger partial charge in [-0.1, -0.05) is 12.5 Å². The van der Waals surface area contributed by atoms with Gasteiger partial charge in [-0.25, -0.2) is 0 Å². The molecule has 0 radical (unpaired) electrons. The van der Waals surface area contributed by atoms with E-state index in [0.717, 1.165) is 54.6 Å². The Bertz CT molecular complexity index is 1030. The van der Waals surface area contributed by atoms with Crippen LogP contribution in [-0.4, -0.2) is 25.5 Å². The number of carbonyl (C=O) groups is 1. The van der Waals surface area contributed by atoms with Crippen molar-refractivity contribution in [1.82, 2.24) is 19.7 Å². The zero-order chi connectivity index (χ0) is 18.1. The lowest BCUT2D eigenvalue weighted by Crippen LogP contribution is -2.17. The first kappa shape index (κ1) is 16.4. The predicted octanol–water partition coefficient (Wildman–Crippen LogP) is 3.35. The zero-order valence-corrected chi connectivity index (χ0v) is 14.6. The van der Waals surface area contributed by atoms with Crippen LogP contribution in [0.25, 0.3) is 10.9 Å². The number of aryl methyl sites for hydroxylation is 2. The molecule has 0 fully saturated rings. The van der Waals surface area contributed by atoms with Gasteiger partial charge in [-0.2, -0.15) is 5.26 Å². The number of pyridine rings is 1. The molecule has 26 heavy (non-hydrogen) atoms. The molecule has 1 aromatic carbocycles. The average molecular weight is 345 g/mol. The molecule has 6 nitrogen and oxygen atoms in total. The molecule has 0 bridgehead atoms. The molecule has 4 rings (SSSR count). The molecule has 0 spiro atoms. The van der Waals surface area contributed by atoms with Crippen molar-refractivity contribution < 1.29 is 4.79 Å². The topological polar surface area (TPSA) is 84.5 Å². The number of aromatic nitrogens is 4. The molecule has 1 aliphatic rings. The number of hydrogen-bond donors (Lipinski definition) is 0. The molecule has 0 aliphatic carbocycles. The Hall–Kier alpha value is -3.07. The van der Waals surface area contributed by atoms with Crippen LogP contribution in [-0.2, 0) is 13.0 Å². The van der Waals surface area contributed by atoms with Gasteiger partial charge in [0.1, 0.15) is 5.82 Å². The van der Waals surface area contributed by atoms with Gasteiger partial charge in [0.05, 0.1) is 11.6 Å². The molecule has 3 aromatic rings. The van der Waals surface area contributed by atoms with Crippen LogP contribution in [0.2, 0.25) is 0 Å². The van der Waals surface area contributed by atoms with E-state index in [9.17, 15) is 10.1 Å². The first-order valence-electron chi connectivity index (χ1n) is 8.90. The monoisotopic (exact) mass is 345 g/mol. The second-order valence-corrected chi connectivity index (χ2v) is 6.72. The summed E-state index contributed by atoms with van der Waals surface area (Å²) in [4.78, 5) is 17.5. The van der Waals surface area contributed by atoms with Gasteiger partial charge < -0.3 is 4.57 Å². The van der Waals surface area contributed by atoms with Gasteiger partial charge in [0.25, 0.3) is 0 Å². The fraction of sp³-hybridized carbons (Fsp3) is 0.350. The summed E-state index contributed by atoms with van der Waals surface area (Å²) in [5.74, 6) is 0.167. The third kappa shape index (κ3) is 2.86. The fourth-order valence-electron chi connectivity index (χ4n) is 3.50. The highest BCUT2D eigenvalue weighted by atomic mass is 16.1. The number of carbonyl (C=O) groups excluding carboxylic acids is 1. The smallest absolute Gasteiger partial charge is 0.187 e. The first-order chi connectivity index (χ1) is 12.7. The van der Waals surface area contributed by atoms with E-state index in [1.165, 1.54) is 0 Å². The number of hydrogen-bond acceptors (Lipinski definition) is 5. The predicted molar refractivity (Wildman–Crippen MR) is 96.7 cm³/mol. The van der Waals surface area contributed by atoms with Crippen LogP contribution in [0.1, 0.15) is 52.9 Å². The molecule has 0 saturated carbocycles. The summed E-state index contributed by atoms with van der Waals surface area (Å²) in [6, 6.07) is 11.4. The van der Waals surface area contributed by atoms with Crippen LogP contribution in [0, 0.1) is 18.3 Å². The van der Waals surface area contributed by atoms with E-state index in [1.807, 2.05) is 29.7 Å². The van der Waals surface area contributed by atoms with Gasteiger partial charge in [0.15, 0.2) is 17.5 Å².